The van der Waals surface area contributed by atoms with Crippen molar-refractivity contribution in [1.29, 1.82) is 0 Å². The molecule has 1 saturated carbocycles. The van der Waals surface area contributed by atoms with Gasteiger partial charge in [0.15, 0.2) is 12.4 Å². The van der Waals surface area contributed by atoms with Crippen molar-refractivity contribution in [2.24, 2.45) is 0 Å². The number of amides is 1. The molecule has 1 N–H and O–H groups in total. The highest BCUT2D eigenvalue weighted by atomic mass is 32.2. The van der Waals surface area contributed by atoms with Crippen molar-refractivity contribution >= 4 is 27.3 Å². The molecule has 2 aliphatic rings. The highest BCUT2D eigenvalue weighted by Crippen LogP contribution is 2.38. The highest BCUT2D eigenvalue weighted by molar-refractivity contribution is 7.92. The molecule has 34 heavy (non-hydrogen) atoms. The zero-order valence-corrected chi connectivity index (χ0v) is 20.1. The molecular weight excluding hydrogens is 456 g/mol. The predicted octanol–water partition coefficient (Wildman–Crippen LogP) is 3.99. The van der Waals surface area contributed by atoms with Gasteiger partial charge in [0.2, 0.25) is 5.89 Å². The summed E-state index contributed by atoms with van der Waals surface area (Å²) in [6, 6.07) is 8.70. The van der Waals surface area contributed by atoms with E-state index >= 15 is 0 Å². The zero-order chi connectivity index (χ0) is 24.0. The van der Waals surface area contributed by atoms with Crippen molar-refractivity contribution < 1.29 is 22.5 Å². The van der Waals surface area contributed by atoms with Crippen LogP contribution in [-0.2, 0) is 21.4 Å². The van der Waals surface area contributed by atoms with E-state index in [-0.39, 0.29) is 24.0 Å². The number of anilines is 2. The molecule has 0 unspecified atom stereocenters. The number of sulfonamides is 1. The molecule has 2 aromatic carbocycles. The van der Waals surface area contributed by atoms with Crippen molar-refractivity contribution in [2.45, 2.75) is 57.4 Å². The van der Waals surface area contributed by atoms with E-state index in [0.29, 0.717) is 40.3 Å². The van der Waals surface area contributed by atoms with Crippen LogP contribution in [0.2, 0.25) is 0 Å². The summed E-state index contributed by atoms with van der Waals surface area (Å²) >= 11 is 0. The van der Waals surface area contributed by atoms with Crippen molar-refractivity contribution in [1.82, 2.24) is 10.1 Å². The first-order valence-corrected chi connectivity index (χ1v) is 12.7. The van der Waals surface area contributed by atoms with Crippen LogP contribution in [0, 0.1) is 20.8 Å². The van der Waals surface area contributed by atoms with Gasteiger partial charge in [0, 0.05) is 12.0 Å². The molecule has 1 aliphatic carbocycles. The fourth-order valence-corrected chi connectivity index (χ4v) is 5.50. The Labute approximate surface area is 198 Å². The van der Waals surface area contributed by atoms with Gasteiger partial charge in [-0.3, -0.25) is 14.4 Å². The molecule has 2 heterocycles. The summed E-state index contributed by atoms with van der Waals surface area (Å²) in [5.74, 6) is 1.38. The molecule has 5 rings (SSSR count). The number of hydrogen-bond donors (Lipinski definition) is 1. The number of nitrogens with one attached hydrogen (secondary N) is 1. The number of fused-ring (bicyclic) bond motifs is 1. The third-order valence-electron chi connectivity index (χ3n) is 6.36. The molecule has 0 spiro atoms. The van der Waals surface area contributed by atoms with Crippen molar-refractivity contribution in [2.75, 3.05) is 16.2 Å². The van der Waals surface area contributed by atoms with Gasteiger partial charge in [-0.05, 0) is 62.4 Å². The quantitative estimate of drug-likeness (QED) is 0.565. The van der Waals surface area contributed by atoms with Crippen molar-refractivity contribution in [3.63, 3.8) is 0 Å². The molecular formula is C24H26N4O5S. The Morgan fingerprint density at radius 3 is 2.65 bits per heavy atom. The van der Waals surface area contributed by atoms with Crippen LogP contribution in [0.1, 0.15) is 53.6 Å². The van der Waals surface area contributed by atoms with Gasteiger partial charge in [0.05, 0.1) is 22.8 Å². The highest BCUT2D eigenvalue weighted by Gasteiger charge is 2.31. The van der Waals surface area contributed by atoms with E-state index in [2.05, 4.69) is 14.9 Å². The van der Waals surface area contributed by atoms with Crippen LogP contribution in [-0.4, -0.2) is 31.1 Å². The Morgan fingerprint density at radius 2 is 1.91 bits per heavy atom. The van der Waals surface area contributed by atoms with E-state index in [1.165, 1.54) is 11.0 Å². The topological polar surface area (TPSA) is 115 Å². The second kappa shape index (κ2) is 8.43. The van der Waals surface area contributed by atoms with Crippen LogP contribution >= 0.6 is 0 Å². The summed E-state index contributed by atoms with van der Waals surface area (Å²) < 4.78 is 40.1. The summed E-state index contributed by atoms with van der Waals surface area (Å²) in [6.45, 7) is 5.36. The summed E-state index contributed by atoms with van der Waals surface area (Å²) in [6.07, 6.45) is 3.22. The van der Waals surface area contributed by atoms with E-state index in [9.17, 15) is 13.2 Å². The minimum atomic E-state index is -3.88. The van der Waals surface area contributed by atoms with Gasteiger partial charge in [-0.1, -0.05) is 23.7 Å². The van der Waals surface area contributed by atoms with Crippen LogP contribution in [0.5, 0.6) is 5.75 Å². The average molecular weight is 483 g/mol. The first-order valence-electron chi connectivity index (χ1n) is 11.2. The lowest BCUT2D eigenvalue weighted by Gasteiger charge is -2.29. The summed E-state index contributed by atoms with van der Waals surface area (Å²) in [5.41, 5.74) is 3.26. The maximum absolute atomic E-state index is 13.2. The van der Waals surface area contributed by atoms with Crippen LogP contribution in [0.3, 0.4) is 0 Å². The number of benzene rings is 2. The maximum Gasteiger partial charge on any atom is 0.265 e. The molecule has 1 amide bonds. The maximum atomic E-state index is 13.2. The number of carbonyl (C=O) groups is 1. The van der Waals surface area contributed by atoms with Gasteiger partial charge in [0.25, 0.3) is 15.9 Å². The van der Waals surface area contributed by atoms with Gasteiger partial charge in [-0.25, -0.2) is 8.42 Å². The van der Waals surface area contributed by atoms with E-state index in [4.69, 9.17) is 9.26 Å². The Balaban J connectivity index is 1.44. The van der Waals surface area contributed by atoms with E-state index < -0.39 is 10.0 Å². The molecule has 10 heteroatoms. The van der Waals surface area contributed by atoms with Crippen molar-refractivity contribution in [3.8, 4) is 5.75 Å². The van der Waals surface area contributed by atoms with Crippen LogP contribution in [0.15, 0.2) is 39.8 Å². The number of carbonyl (C=O) groups excluding carboxylic acids is 1. The standard InChI is InChI=1S/C24H26N4O5S/c1-14-7-8-15(2)18(9-14)27-34(30,31)21-11-20-19(10-16(21)3)28(23(29)13-32-20)12-22-25-24(33-26-22)17-5-4-6-17/h7-11,17,27H,4-6,12-13H2,1-3H3. The SMILES string of the molecule is Cc1ccc(C)c(NS(=O)(=O)c2cc3c(cc2C)N(Cc2noc(C4CCC4)n2)C(=O)CO3)c1. The lowest BCUT2D eigenvalue weighted by molar-refractivity contribution is -0.121. The zero-order valence-electron chi connectivity index (χ0n) is 19.3. The summed E-state index contributed by atoms with van der Waals surface area (Å²) in [7, 11) is -3.88. The Hall–Kier alpha value is -3.40. The van der Waals surface area contributed by atoms with Crippen LogP contribution in [0.4, 0.5) is 11.4 Å². The first kappa shape index (κ1) is 22.4. The lowest BCUT2D eigenvalue weighted by Crippen LogP contribution is -2.38. The predicted molar refractivity (Wildman–Crippen MR) is 125 cm³/mol. The minimum absolute atomic E-state index is 0.0910. The smallest absolute Gasteiger partial charge is 0.265 e. The molecule has 1 aliphatic heterocycles. The molecule has 1 fully saturated rings. The lowest BCUT2D eigenvalue weighted by atomic mass is 9.85. The third-order valence-corrected chi connectivity index (χ3v) is 7.87. The molecule has 3 aromatic rings. The number of nitrogens with zero attached hydrogens (tertiary/aromatic N) is 3. The fourth-order valence-electron chi connectivity index (χ4n) is 4.14. The van der Waals surface area contributed by atoms with Gasteiger partial charge >= 0.3 is 0 Å². The monoisotopic (exact) mass is 482 g/mol. The number of rotatable bonds is 6. The second-order valence-corrected chi connectivity index (χ2v) is 10.6. The average Bonchev–Trinajstić information content (AvgIpc) is 3.19. The molecule has 0 bridgehead atoms. The number of aryl methyl sites for hydroxylation is 3. The summed E-state index contributed by atoms with van der Waals surface area (Å²) in [5, 5.41) is 4.04. The molecule has 0 atom stereocenters. The van der Waals surface area contributed by atoms with Gasteiger partial charge in [-0.2, -0.15) is 4.98 Å². The molecule has 0 radical (unpaired) electrons. The number of ether oxygens (including phenoxy) is 1. The van der Waals surface area contributed by atoms with E-state index in [1.54, 1.807) is 19.1 Å². The Bertz CT molecular complexity index is 1380. The second-order valence-electron chi connectivity index (χ2n) is 8.95. The molecule has 0 saturated heterocycles. The largest absolute Gasteiger partial charge is 0.482 e. The molecule has 1 aromatic heterocycles. The van der Waals surface area contributed by atoms with Gasteiger partial charge < -0.3 is 9.26 Å². The number of aromatic nitrogens is 2. The van der Waals surface area contributed by atoms with Crippen molar-refractivity contribution in [3.05, 3.63) is 58.7 Å². The van der Waals surface area contributed by atoms with E-state index in [0.717, 1.165) is 30.4 Å². The fraction of sp³-hybridized carbons (Fsp3) is 0.375. The number of hydrogen-bond acceptors (Lipinski definition) is 7. The molecule has 9 nitrogen and oxygen atoms in total. The van der Waals surface area contributed by atoms with Crippen LogP contribution in [0.25, 0.3) is 0 Å². The Kier molecular flexibility index (Phi) is 5.55. The van der Waals surface area contributed by atoms with Gasteiger partial charge in [-0.15, -0.1) is 0 Å². The van der Waals surface area contributed by atoms with Crippen LogP contribution < -0.4 is 14.4 Å². The summed E-state index contributed by atoms with van der Waals surface area (Å²) in [4.78, 5) is 18.7. The first-order chi connectivity index (χ1) is 16.2. The Morgan fingerprint density at radius 1 is 1.12 bits per heavy atom. The van der Waals surface area contributed by atoms with Gasteiger partial charge in [0.1, 0.15) is 5.75 Å². The molecule has 178 valence electrons. The van der Waals surface area contributed by atoms with E-state index in [1.807, 2.05) is 26.0 Å². The minimum Gasteiger partial charge on any atom is -0.482 e. The third kappa shape index (κ3) is 4.13. The normalized spacial score (nSPS) is 16.1.